The molecule has 0 unspecified atom stereocenters. The molecule has 3 nitrogen and oxygen atoms in total. The molecule has 0 saturated carbocycles. The van der Waals surface area contributed by atoms with E-state index in [9.17, 15) is 0 Å². The van der Waals surface area contributed by atoms with Crippen LogP contribution in [0.2, 0.25) is 0 Å². The maximum Gasteiger partial charge on any atom is 0.169 e. The summed E-state index contributed by atoms with van der Waals surface area (Å²) >= 11 is 0. The third-order valence-corrected chi connectivity index (χ3v) is 5.46. The summed E-state index contributed by atoms with van der Waals surface area (Å²) in [5, 5.41) is 0. The molecule has 0 spiro atoms. The molecule has 0 aliphatic rings. The third-order valence-electron chi connectivity index (χ3n) is 5.46. The van der Waals surface area contributed by atoms with Crippen molar-refractivity contribution in [2.75, 3.05) is 19.7 Å². The molecule has 0 fully saturated rings. The lowest BCUT2D eigenvalue weighted by molar-refractivity contribution is 0.0877. The van der Waals surface area contributed by atoms with Gasteiger partial charge in [-0.1, -0.05) is 58.9 Å². The highest BCUT2D eigenvalue weighted by Crippen LogP contribution is 2.42. The van der Waals surface area contributed by atoms with E-state index in [4.69, 9.17) is 9.47 Å². The summed E-state index contributed by atoms with van der Waals surface area (Å²) in [7, 11) is 0. The van der Waals surface area contributed by atoms with Crippen LogP contribution in [0.25, 0.3) is 0 Å². The molecule has 0 saturated heterocycles. The predicted octanol–water partition coefficient (Wildman–Crippen LogP) is 7.29. The Morgan fingerprint density at radius 2 is 1.47 bits per heavy atom. The second kappa shape index (κ2) is 10.9. The van der Waals surface area contributed by atoms with E-state index in [1.165, 1.54) is 11.1 Å². The fraction of sp³-hybridized carbons (Fsp3) is 0.556. The zero-order valence-corrected chi connectivity index (χ0v) is 20.3. The van der Waals surface area contributed by atoms with Crippen molar-refractivity contribution in [1.29, 1.82) is 0 Å². The quantitative estimate of drug-likeness (QED) is 0.387. The molecule has 0 aliphatic carbocycles. The highest BCUT2D eigenvalue weighted by molar-refractivity contribution is 5.54. The van der Waals surface area contributed by atoms with Gasteiger partial charge in [-0.25, -0.2) is 0 Å². The first-order valence-electron chi connectivity index (χ1n) is 11.5. The van der Waals surface area contributed by atoms with E-state index in [-0.39, 0.29) is 5.54 Å². The Morgan fingerprint density at radius 3 is 1.97 bits per heavy atom. The fourth-order valence-corrected chi connectivity index (χ4v) is 4.11. The predicted molar refractivity (Wildman–Crippen MR) is 128 cm³/mol. The molecular weight excluding hydrogens is 370 g/mol. The van der Waals surface area contributed by atoms with Gasteiger partial charge in [-0.2, -0.15) is 0 Å². The molecule has 166 valence electrons. The number of hydrogen-bond acceptors (Lipinski definition) is 3. The van der Waals surface area contributed by atoms with Gasteiger partial charge in [0.05, 0.1) is 6.61 Å². The van der Waals surface area contributed by atoms with Crippen LogP contribution in [0.1, 0.15) is 66.5 Å². The van der Waals surface area contributed by atoms with E-state index in [0.29, 0.717) is 18.4 Å². The minimum atomic E-state index is -0.100. The Morgan fingerprint density at radius 1 is 0.867 bits per heavy atom. The standard InChI is InChI=1S/C27H41NO2/c1-9-23-24(27(7,8)28(18-20(3)4)19-21(5)6)16-17-25(26(23)29-10-2)30-22-14-12-11-13-15-22/h11-17,20-21H,9-10,18-19H2,1-8H3. The highest BCUT2D eigenvalue weighted by atomic mass is 16.5. The molecule has 0 radical (unpaired) electrons. The normalized spacial score (nSPS) is 12.1. The van der Waals surface area contributed by atoms with Gasteiger partial charge in [0.15, 0.2) is 11.5 Å². The fourth-order valence-electron chi connectivity index (χ4n) is 4.11. The van der Waals surface area contributed by atoms with Crippen molar-refractivity contribution in [3.63, 3.8) is 0 Å². The smallest absolute Gasteiger partial charge is 0.169 e. The summed E-state index contributed by atoms with van der Waals surface area (Å²) in [6.45, 7) is 20.9. The van der Waals surface area contributed by atoms with Gasteiger partial charge >= 0.3 is 0 Å². The van der Waals surface area contributed by atoms with E-state index in [0.717, 1.165) is 36.8 Å². The van der Waals surface area contributed by atoms with Crippen LogP contribution in [0.3, 0.4) is 0 Å². The maximum absolute atomic E-state index is 6.22. The zero-order chi connectivity index (χ0) is 22.3. The SMILES string of the molecule is CCOc1c(Oc2ccccc2)ccc(C(C)(C)N(CC(C)C)CC(C)C)c1CC. The molecule has 3 heteroatoms. The van der Waals surface area contributed by atoms with Gasteiger partial charge in [-0.05, 0) is 62.8 Å². The monoisotopic (exact) mass is 411 g/mol. The average molecular weight is 412 g/mol. The van der Waals surface area contributed by atoms with Gasteiger partial charge in [-0.3, -0.25) is 4.90 Å². The molecule has 0 heterocycles. The zero-order valence-electron chi connectivity index (χ0n) is 20.3. The molecule has 0 bridgehead atoms. The number of ether oxygens (including phenoxy) is 2. The number of hydrogen-bond donors (Lipinski definition) is 0. The Labute approximate surface area is 184 Å². The van der Waals surface area contributed by atoms with E-state index >= 15 is 0 Å². The van der Waals surface area contributed by atoms with Gasteiger partial charge in [-0.15, -0.1) is 0 Å². The Bertz CT molecular complexity index is 771. The number of rotatable bonds is 11. The Hall–Kier alpha value is -2.00. The molecule has 0 atom stereocenters. The van der Waals surface area contributed by atoms with Crippen molar-refractivity contribution in [2.45, 2.75) is 67.3 Å². The number of benzene rings is 2. The summed E-state index contributed by atoms with van der Waals surface area (Å²) in [5.41, 5.74) is 2.47. The lowest BCUT2D eigenvalue weighted by Crippen LogP contribution is -2.46. The van der Waals surface area contributed by atoms with Gasteiger partial charge in [0.25, 0.3) is 0 Å². The van der Waals surface area contributed by atoms with Crippen LogP contribution in [0, 0.1) is 11.8 Å². The molecule has 2 aromatic rings. The maximum atomic E-state index is 6.22. The van der Waals surface area contributed by atoms with Crippen LogP contribution in [-0.2, 0) is 12.0 Å². The molecule has 0 N–H and O–H groups in total. The topological polar surface area (TPSA) is 21.7 Å². The minimum absolute atomic E-state index is 0.100. The lowest BCUT2D eigenvalue weighted by Gasteiger charge is -2.42. The van der Waals surface area contributed by atoms with Crippen molar-refractivity contribution in [1.82, 2.24) is 4.90 Å². The van der Waals surface area contributed by atoms with Gasteiger partial charge in [0.2, 0.25) is 0 Å². The molecular formula is C27H41NO2. The van der Waals surface area contributed by atoms with Crippen molar-refractivity contribution >= 4 is 0 Å². The molecule has 0 aliphatic heterocycles. The molecule has 2 rings (SSSR count). The third kappa shape index (κ3) is 6.01. The summed E-state index contributed by atoms with van der Waals surface area (Å²) < 4.78 is 12.4. The van der Waals surface area contributed by atoms with E-state index in [1.807, 2.05) is 37.3 Å². The summed E-state index contributed by atoms with van der Waals surface area (Å²) in [4.78, 5) is 2.63. The van der Waals surface area contributed by atoms with Crippen molar-refractivity contribution in [3.8, 4) is 17.2 Å². The summed E-state index contributed by atoms with van der Waals surface area (Å²) in [5.74, 6) is 3.72. The average Bonchev–Trinajstić information content (AvgIpc) is 2.68. The van der Waals surface area contributed by atoms with Crippen LogP contribution in [-0.4, -0.2) is 24.6 Å². The number of para-hydroxylation sites is 1. The molecule has 30 heavy (non-hydrogen) atoms. The van der Waals surface area contributed by atoms with Gasteiger partial charge in [0.1, 0.15) is 5.75 Å². The number of nitrogens with zero attached hydrogens (tertiary/aromatic N) is 1. The molecule has 0 amide bonds. The lowest BCUT2D eigenvalue weighted by atomic mass is 9.85. The van der Waals surface area contributed by atoms with Crippen molar-refractivity contribution < 1.29 is 9.47 Å². The minimum Gasteiger partial charge on any atom is -0.490 e. The van der Waals surface area contributed by atoms with Gasteiger partial charge in [0, 0.05) is 24.2 Å². The van der Waals surface area contributed by atoms with Crippen LogP contribution in [0.5, 0.6) is 17.2 Å². The van der Waals surface area contributed by atoms with Crippen LogP contribution in [0.15, 0.2) is 42.5 Å². The highest BCUT2D eigenvalue weighted by Gasteiger charge is 2.33. The van der Waals surface area contributed by atoms with Gasteiger partial charge < -0.3 is 9.47 Å². The van der Waals surface area contributed by atoms with E-state index in [1.54, 1.807) is 0 Å². The van der Waals surface area contributed by atoms with E-state index in [2.05, 4.69) is 65.5 Å². The second-order valence-corrected chi connectivity index (χ2v) is 9.37. The van der Waals surface area contributed by atoms with Crippen molar-refractivity contribution in [2.24, 2.45) is 11.8 Å². The Balaban J connectivity index is 2.53. The summed E-state index contributed by atoms with van der Waals surface area (Å²) in [6.07, 6.45) is 0.900. The molecule has 0 aromatic heterocycles. The van der Waals surface area contributed by atoms with E-state index < -0.39 is 0 Å². The first kappa shape index (κ1) is 24.3. The first-order chi connectivity index (χ1) is 14.2. The molecule has 2 aromatic carbocycles. The Kier molecular flexibility index (Phi) is 8.78. The largest absolute Gasteiger partial charge is 0.490 e. The second-order valence-electron chi connectivity index (χ2n) is 9.37. The van der Waals surface area contributed by atoms with Crippen LogP contribution < -0.4 is 9.47 Å². The van der Waals surface area contributed by atoms with Crippen molar-refractivity contribution in [3.05, 3.63) is 53.6 Å². The van der Waals surface area contributed by atoms with Crippen LogP contribution >= 0.6 is 0 Å². The summed E-state index contributed by atoms with van der Waals surface area (Å²) in [6, 6.07) is 14.3. The first-order valence-corrected chi connectivity index (χ1v) is 11.5. The van der Waals surface area contributed by atoms with Crippen LogP contribution in [0.4, 0.5) is 0 Å².